The first kappa shape index (κ1) is 20.8. The first-order valence-electron chi connectivity index (χ1n) is 9.93. The van der Waals surface area contributed by atoms with Crippen molar-refractivity contribution in [3.63, 3.8) is 0 Å². The third-order valence-electron chi connectivity index (χ3n) is 6.99. The molecule has 2 aromatic rings. The summed E-state index contributed by atoms with van der Waals surface area (Å²) >= 11 is 0. The van der Waals surface area contributed by atoms with Crippen LogP contribution >= 0.6 is 0 Å². The summed E-state index contributed by atoms with van der Waals surface area (Å²) < 4.78 is 15.4. The van der Waals surface area contributed by atoms with E-state index in [0.717, 1.165) is 6.07 Å². The minimum absolute atomic E-state index is 0.0218. The molecule has 1 saturated heterocycles. The molecule has 3 bridgehead atoms. The normalized spacial score (nSPS) is 39.6. The van der Waals surface area contributed by atoms with E-state index in [1.165, 1.54) is 25.3 Å². The van der Waals surface area contributed by atoms with Gasteiger partial charge in [-0.25, -0.2) is 9.59 Å². The van der Waals surface area contributed by atoms with Crippen molar-refractivity contribution in [2.45, 2.75) is 41.3 Å². The van der Waals surface area contributed by atoms with Crippen molar-refractivity contribution >= 4 is 11.8 Å². The lowest BCUT2D eigenvalue weighted by molar-refractivity contribution is -0.252. The Hall–Kier alpha value is -3.05. The van der Waals surface area contributed by atoms with E-state index in [0.29, 0.717) is 0 Å². The summed E-state index contributed by atoms with van der Waals surface area (Å²) in [4.78, 5) is 38.5. The maximum Gasteiger partial charge on any atom is 0.342 e. The van der Waals surface area contributed by atoms with Gasteiger partial charge in [0.2, 0.25) is 5.60 Å². The first-order chi connectivity index (χ1) is 15.1. The molecule has 10 nitrogen and oxygen atoms in total. The van der Waals surface area contributed by atoms with Crippen LogP contribution < -0.4 is 10.4 Å². The van der Waals surface area contributed by atoms with E-state index in [4.69, 9.17) is 13.9 Å². The van der Waals surface area contributed by atoms with Gasteiger partial charge >= 0.3 is 11.6 Å². The molecule has 168 valence electrons. The van der Waals surface area contributed by atoms with E-state index in [-0.39, 0.29) is 17.1 Å². The highest BCUT2D eigenvalue weighted by Gasteiger charge is 2.88. The van der Waals surface area contributed by atoms with E-state index in [9.17, 15) is 34.8 Å². The number of hydrogen-bond acceptors (Lipinski definition) is 10. The van der Waals surface area contributed by atoms with Crippen LogP contribution in [0.5, 0.6) is 5.75 Å². The second kappa shape index (κ2) is 6.48. The van der Waals surface area contributed by atoms with E-state index in [2.05, 4.69) is 0 Å². The number of aliphatic hydroxyl groups is 4. The Kier molecular flexibility index (Phi) is 4.22. The van der Waals surface area contributed by atoms with Gasteiger partial charge in [0.15, 0.2) is 5.78 Å². The molecule has 32 heavy (non-hydrogen) atoms. The third kappa shape index (κ3) is 2.29. The summed E-state index contributed by atoms with van der Waals surface area (Å²) in [6.45, 7) is 0. The molecular formula is C22H20O10. The highest BCUT2D eigenvalue weighted by atomic mass is 16.6. The molecular weight excluding hydrogens is 424 g/mol. The average Bonchev–Trinajstić information content (AvgIpc) is 2.87. The Balaban J connectivity index is 1.80. The van der Waals surface area contributed by atoms with Crippen LogP contribution in [-0.2, 0) is 9.53 Å². The predicted molar refractivity (Wildman–Crippen MR) is 104 cm³/mol. The number of ketones is 1. The minimum Gasteiger partial charge on any atom is -0.496 e. The Morgan fingerprint density at radius 1 is 1.12 bits per heavy atom. The first-order valence-corrected chi connectivity index (χ1v) is 9.93. The molecule has 2 aliphatic carbocycles. The Morgan fingerprint density at radius 3 is 2.47 bits per heavy atom. The van der Waals surface area contributed by atoms with Crippen LogP contribution in [0.15, 0.2) is 51.7 Å². The minimum atomic E-state index is -2.92. The lowest BCUT2D eigenvalue weighted by atomic mass is 9.65. The lowest BCUT2D eigenvalue weighted by Crippen LogP contribution is -2.69. The van der Waals surface area contributed by atoms with Crippen molar-refractivity contribution < 1.29 is 43.9 Å². The topological polar surface area (TPSA) is 164 Å². The molecule has 0 radical (unpaired) electrons. The number of methoxy groups -OCH3 is 1. The number of benzene rings is 1. The van der Waals surface area contributed by atoms with E-state index >= 15 is 0 Å². The van der Waals surface area contributed by atoms with Gasteiger partial charge in [-0.1, -0.05) is 30.3 Å². The van der Waals surface area contributed by atoms with Crippen LogP contribution in [0.3, 0.4) is 0 Å². The fourth-order valence-corrected chi connectivity index (χ4v) is 5.68. The Bertz CT molecular complexity index is 1170. The molecule has 3 fully saturated rings. The second-order valence-corrected chi connectivity index (χ2v) is 8.49. The summed E-state index contributed by atoms with van der Waals surface area (Å²) in [5.74, 6) is -6.31. The van der Waals surface area contributed by atoms with Crippen LogP contribution in [0.25, 0.3) is 0 Å². The van der Waals surface area contributed by atoms with E-state index in [1.807, 2.05) is 0 Å². The maximum atomic E-state index is 13.5. The lowest BCUT2D eigenvalue weighted by Gasteiger charge is -2.50. The summed E-state index contributed by atoms with van der Waals surface area (Å²) in [7, 11) is 1.28. The number of carbonyl (C=O) groups excluding carboxylic acids is 2. The smallest absolute Gasteiger partial charge is 0.342 e. The molecule has 0 spiro atoms. The van der Waals surface area contributed by atoms with Gasteiger partial charge in [0.25, 0.3) is 0 Å². The molecule has 7 atom stereocenters. The molecule has 0 amide bonds. The SMILES string of the molecule is COc1cc([C@H]2C3(O)[C@H](O)C4C[C@]2(O)[C@](O)(C(=O)O4)[C@H]3C(=O)c2ccccc2)oc(=O)c1. The van der Waals surface area contributed by atoms with Crippen LogP contribution in [0, 0.1) is 5.92 Å². The number of Topliss-reactive ketones (excluding diaryl/α,β-unsaturated/α-hetero) is 1. The fourth-order valence-electron chi connectivity index (χ4n) is 5.68. The largest absolute Gasteiger partial charge is 0.496 e. The highest BCUT2D eigenvalue weighted by molar-refractivity contribution is 6.05. The Labute approximate surface area is 180 Å². The monoisotopic (exact) mass is 444 g/mol. The molecule has 2 unspecified atom stereocenters. The molecule has 1 aliphatic heterocycles. The standard InChI is InChI=1S/C22H20O10/c1-30-11-7-12(31-14(23)8-11)16-20(27)9-13-18(25)21(16,28)17(22(20,29)19(26)32-13)15(24)10-5-3-2-4-6-10/h2-8,13,16-18,25,27-29H,9H2,1H3/t13?,16-,17+,18-,20-,21?,22-/m1/s1. The van der Waals surface area contributed by atoms with Crippen molar-refractivity contribution in [1.29, 1.82) is 0 Å². The van der Waals surface area contributed by atoms with Gasteiger partial charge in [0, 0.05) is 18.1 Å². The summed E-state index contributed by atoms with van der Waals surface area (Å²) in [5.41, 5.74) is -8.89. The van der Waals surface area contributed by atoms with Gasteiger partial charge in [0.1, 0.15) is 34.9 Å². The second-order valence-electron chi connectivity index (χ2n) is 8.49. The number of fused-ring (bicyclic) bond motifs is 2. The zero-order chi connectivity index (χ0) is 23.1. The zero-order valence-electron chi connectivity index (χ0n) is 16.8. The number of ether oxygens (including phenoxy) is 2. The Morgan fingerprint density at radius 2 is 1.81 bits per heavy atom. The van der Waals surface area contributed by atoms with Crippen LogP contribution in [0.1, 0.15) is 28.5 Å². The molecule has 3 aliphatic rings. The van der Waals surface area contributed by atoms with E-state index in [1.54, 1.807) is 18.2 Å². The van der Waals surface area contributed by atoms with Crippen molar-refractivity contribution in [1.82, 2.24) is 0 Å². The zero-order valence-corrected chi connectivity index (χ0v) is 16.8. The van der Waals surface area contributed by atoms with Gasteiger partial charge in [0.05, 0.1) is 25.0 Å². The van der Waals surface area contributed by atoms with Crippen LogP contribution in [0.4, 0.5) is 0 Å². The highest BCUT2D eigenvalue weighted by Crippen LogP contribution is 2.67. The molecule has 10 heteroatoms. The molecule has 5 rings (SSSR count). The summed E-state index contributed by atoms with van der Waals surface area (Å²) in [5, 5.41) is 46.1. The number of esters is 1. The van der Waals surface area contributed by atoms with Gasteiger partial charge < -0.3 is 34.3 Å². The van der Waals surface area contributed by atoms with Crippen molar-refractivity contribution in [2.24, 2.45) is 5.92 Å². The number of aliphatic hydroxyl groups excluding tert-OH is 1. The van der Waals surface area contributed by atoms with E-state index < -0.39 is 64.6 Å². The quantitative estimate of drug-likeness (QED) is 0.344. The van der Waals surface area contributed by atoms with Crippen LogP contribution in [0.2, 0.25) is 0 Å². The fraction of sp³-hybridized carbons (Fsp3) is 0.409. The van der Waals surface area contributed by atoms with Gasteiger partial charge in [-0.15, -0.1) is 0 Å². The maximum absolute atomic E-state index is 13.5. The average molecular weight is 444 g/mol. The van der Waals surface area contributed by atoms with Crippen LogP contribution in [-0.4, -0.2) is 68.3 Å². The predicted octanol–water partition coefficient (Wildman–Crippen LogP) is -0.872. The third-order valence-corrected chi connectivity index (χ3v) is 6.99. The van der Waals surface area contributed by atoms with Crippen molar-refractivity contribution in [3.05, 3.63) is 64.2 Å². The summed E-state index contributed by atoms with van der Waals surface area (Å²) in [6, 6.07) is 9.75. The van der Waals surface area contributed by atoms with Crippen molar-refractivity contribution in [3.8, 4) is 5.75 Å². The molecule has 1 aromatic heterocycles. The van der Waals surface area contributed by atoms with Gasteiger partial charge in [-0.05, 0) is 0 Å². The van der Waals surface area contributed by atoms with Crippen molar-refractivity contribution in [2.75, 3.05) is 7.11 Å². The van der Waals surface area contributed by atoms with Gasteiger partial charge in [-0.3, -0.25) is 4.79 Å². The molecule has 1 aromatic carbocycles. The number of rotatable bonds is 4. The molecule has 4 N–H and O–H groups in total. The summed E-state index contributed by atoms with van der Waals surface area (Å²) in [6.07, 6.45) is -3.76. The van der Waals surface area contributed by atoms with Gasteiger partial charge in [-0.2, -0.15) is 0 Å². The molecule has 2 heterocycles. The number of carbonyl (C=O) groups is 2. The molecule has 2 saturated carbocycles. The number of hydrogen-bond donors (Lipinski definition) is 4.